The van der Waals surface area contributed by atoms with Gasteiger partial charge in [0, 0.05) is 0 Å². The summed E-state index contributed by atoms with van der Waals surface area (Å²) in [7, 11) is 0. The number of ether oxygens (including phenoxy) is 1. The van der Waals surface area contributed by atoms with Crippen LogP contribution in [0.2, 0.25) is 0 Å². The molecular weight excluding hydrogens is 335 g/mol. The van der Waals surface area contributed by atoms with Crippen LogP contribution in [-0.2, 0) is 19.1 Å². The molecule has 2 aliphatic rings. The number of nitrogens with one attached hydrogen (secondary N) is 2. The molecule has 1 heterocycles. The highest BCUT2D eigenvalue weighted by atomic mass is 19.4. The van der Waals surface area contributed by atoms with Gasteiger partial charge in [-0.2, -0.15) is 13.2 Å². The Morgan fingerprint density at radius 1 is 1.38 bits per heavy atom. The van der Waals surface area contributed by atoms with Crippen LogP contribution in [0.3, 0.4) is 0 Å². The molecule has 0 radical (unpaired) electrons. The predicted octanol–water partition coefficient (Wildman–Crippen LogP) is -0.0714. The fourth-order valence-electron chi connectivity index (χ4n) is 2.37. The molecule has 4 amide bonds. The lowest BCUT2D eigenvalue weighted by Crippen LogP contribution is -2.46. The zero-order valence-corrected chi connectivity index (χ0v) is 12.7. The Balaban J connectivity index is 1.79. The fourth-order valence-corrected chi connectivity index (χ4v) is 2.37. The first-order valence-corrected chi connectivity index (χ1v) is 7.16. The van der Waals surface area contributed by atoms with E-state index in [0.717, 1.165) is 12.8 Å². The second kappa shape index (κ2) is 6.29. The minimum atomic E-state index is -4.58. The van der Waals surface area contributed by atoms with Gasteiger partial charge in [0.1, 0.15) is 18.6 Å². The summed E-state index contributed by atoms with van der Waals surface area (Å²) in [5.74, 6) is -2.75. The number of hydrogen-bond donors (Lipinski definition) is 2. The normalized spacial score (nSPS) is 23.9. The van der Waals surface area contributed by atoms with Crippen LogP contribution in [-0.4, -0.2) is 60.1 Å². The highest BCUT2D eigenvalue weighted by molar-refractivity contribution is 6.08. The Labute approximate surface area is 134 Å². The molecule has 1 saturated heterocycles. The maximum Gasteiger partial charge on any atom is 0.405 e. The van der Waals surface area contributed by atoms with Crippen LogP contribution in [0.25, 0.3) is 0 Å². The Morgan fingerprint density at radius 3 is 2.54 bits per heavy atom. The molecule has 0 aromatic rings. The number of amides is 4. The highest BCUT2D eigenvalue weighted by Gasteiger charge is 2.56. The minimum absolute atomic E-state index is 0.0168. The van der Waals surface area contributed by atoms with Crippen molar-refractivity contribution in [2.75, 3.05) is 19.7 Å². The van der Waals surface area contributed by atoms with Crippen molar-refractivity contribution in [3.05, 3.63) is 0 Å². The molecule has 1 saturated carbocycles. The molecule has 1 aliphatic heterocycles. The highest BCUT2D eigenvalue weighted by Crippen LogP contribution is 2.42. The zero-order chi connectivity index (χ0) is 18.1. The largest absolute Gasteiger partial charge is 0.454 e. The molecule has 2 rings (SSSR count). The molecule has 0 bridgehead atoms. The Bertz CT molecular complexity index is 576. The van der Waals surface area contributed by atoms with Gasteiger partial charge in [-0.15, -0.1) is 0 Å². The number of carbonyl (C=O) groups excluding carboxylic acids is 4. The number of esters is 1. The van der Waals surface area contributed by atoms with E-state index in [0.29, 0.717) is 4.90 Å². The van der Waals surface area contributed by atoms with Crippen molar-refractivity contribution in [2.24, 2.45) is 5.92 Å². The summed E-state index contributed by atoms with van der Waals surface area (Å²) in [6, 6.07) is -0.743. The number of carbonyl (C=O) groups is 4. The molecule has 0 unspecified atom stereocenters. The predicted molar refractivity (Wildman–Crippen MR) is 71.4 cm³/mol. The van der Waals surface area contributed by atoms with E-state index >= 15 is 0 Å². The molecule has 2 N–H and O–H groups in total. The van der Waals surface area contributed by atoms with Gasteiger partial charge in [0.2, 0.25) is 0 Å². The standard InChI is InChI=1S/C13H16F3N3O5/c1-12(7-2-3-7)10(22)19(11(23)18-12)4-9(21)24-5-8(20)17-6-13(14,15)16/h7H,2-6H2,1H3,(H,17,20)(H,18,23)/t12-/m1/s1. The van der Waals surface area contributed by atoms with Gasteiger partial charge in [-0.1, -0.05) is 0 Å². The third kappa shape index (κ3) is 4.15. The fraction of sp³-hybridized carbons (Fsp3) is 0.692. The van der Waals surface area contributed by atoms with E-state index in [1.54, 1.807) is 6.92 Å². The first-order valence-electron chi connectivity index (χ1n) is 7.16. The first-order chi connectivity index (χ1) is 11.0. The topological polar surface area (TPSA) is 105 Å². The van der Waals surface area contributed by atoms with Crippen LogP contribution in [0.5, 0.6) is 0 Å². The summed E-state index contributed by atoms with van der Waals surface area (Å²) < 4.78 is 40.2. The lowest BCUT2D eigenvalue weighted by atomic mass is 9.96. The molecular formula is C13H16F3N3O5. The number of halogens is 3. The van der Waals surface area contributed by atoms with Gasteiger partial charge >= 0.3 is 18.2 Å². The second-order valence-electron chi connectivity index (χ2n) is 5.85. The van der Waals surface area contributed by atoms with Gasteiger partial charge in [0.25, 0.3) is 11.8 Å². The van der Waals surface area contributed by atoms with Gasteiger partial charge in [0.15, 0.2) is 6.61 Å². The van der Waals surface area contributed by atoms with Gasteiger partial charge in [-0.3, -0.25) is 19.3 Å². The number of urea groups is 1. The minimum Gasteiger partial charge on any atom is -0.454 e. The molecule has 8 nitrogen and oxygen atoms in total. The van der Waals surface area contributed by atoms with E-state index in [-0.39, 0.29) is 5.92 Å². The lowest BCUT2D eigenvalue weighted by Gasteiger charge is -2.20. The van der Waals surface area contributed by atoms with E-state index in [4.69, 9.17) is 0 Å². The third-order valence-corrected chi connectivity index (χ3v) is 3.83. The summed E-state index contributed by atoms with van der Waals surface area (Å²) in [5, 5.41) is 4.05. The molecule has 2 fully saturated rings. The van der Waals surface area contributed by atoms with E-state index in [1.165, 1.54) is 5.32 Å². The maximum absolute atomic E-state index is 12.2. The number of imide groups is 1. The molecule has 11 heteroatoms. The average Bonchev–Trinajstić information content (AvgIpc) is 3.28. The Kier molecular flexibility index (Phi) is 4.72. The Hall–Kier alpha value is -2.33. The van der Waals surface area contributed by atoms with Crippen molar-refractivity contribution >= 4 is 23.8 Å². The molecule has 0 aromatic carbocycles. The molecule has 134 valence electrons. The number of hydrogen-bond acceptors (Lipinski definition) is 5. The van der Waals surface area contributed by atoms with E-state index in [1.807, 2.05) is 0 Å². The summed E-state index contributed by atoms with van der Waals surface area (Å²) in [5.41, 5.74) is -1.05. The van der Waals surface area contributed by atoms with Crippen molar-refractivity contribution in [1.82, 2.24) is 15.5 Å². The van der Waals surface area contributed by atoms with Crippen molar-refractivity contribution in [3.63, 3.8) is 0 Å². The molecule has 0 aromatic heterocycles. The van der Waals surface area contributed by atoms with Crippen molar-refractivity contribution in [1.29, 1.82) is 0 Å². The van der Waals surface area contributed by atoms with Crippen LogP contribution in [0.4, 0.5) is 18.0 Å². The summed E-state index contributed by atoms with van der Waals surface area (Å²) in [6.07, 6.45) is -2.99. The summed E-state index contributed by atoms with van der Waals surface area (Å²) in [6.45, 7) is -1.62. The molecule has 1 atom stereocenters. The summed E-state index contributed by atoms with van der Waals surface area (Å²) in [4.78, 5) is 47.4. The van der Waals surface area contributed by atoms with Crippen molar-refractivity contribution < 1.29 is 37.1 Å². The lowest BCUT2D eigenvalue weighted by molar-refractivity contribution is -0.153. The van der Waals surface area contributed by atoms with E-state index in [2.05, 4.69) is 10.1 Å². The SMILES string of the molecule is C[C@]1(C2CC2)NC(=O)N(CC(=O)OCC(=O)NCC(F)(F)F)C1=O. The van der Waals surface area contributed by atoms with Crippen molar-refractivity contribution in [2.45, 2.75) is 31.5 Å². The van der Waals surface area contributed by atoms with E-state index in [9.17, 15) is 32.3 Å². The van der Waals surface area contributed by atoms with Crippen LogP contribution >= 0.6 is 0 Å². The van der Waals surface area contributed by atoms with Crippen molar-refractivity contribution in [3.8, 4) is 0 Å². The monoisotopic (exact) mass is 351 g/mol. The Morgan fingerprint density at radius 2 is 2.00 bits per heavy atom. The van der Waals surface area contributed by atoms with Gasteiger partial charge in [0.05, 0.1) is 0 Å². The average molecular weight is 351 g/mol. The van der Waals surface area contributed by atoms with Gasteiger partial charge in [-0.05, 0) is 25.7 Å². The number of rotatable bonds is 6. The first kappa shape index (κ1) is 18.0. The number of alkyl halides is 3. The van der Waals surface area contributed by atoms with Crippen LogP contribution < -0.4 is 10.6 Å². The molecule has 0 spiro atoms. The number of nitrogens with zero attached hydrogens (tertiary/aromatic N) is 1. The zero-order valence-electron chi connectivity index (χ0n) is 12.7. The molecule has 24 heavy (non-hydrogen) atoms. The molecule has 1 aliphatic carbocycles. The second-order valence-corrected chi connectivity index (χ2v) is 5.85. The van der Waals surface area contributed by atoms with Crippen LogP contribution in [0, 0.1) is 5.92 Å². The van der Waals surface area contributed by atoms with E-state index < -0.39 is 55.2 Å². The smallest absolute Gasteiger partial charge is 0.405 e. The third-order valence-electron chi connectivity index (χ3n) is 3.83. The maximum atomic E-state index is 12.2. The van der Waals surface area contributed by atoms with Gasteiger partial charge in [-0.25, -0.2) is 4.79 Å². The summed E-state index contributed by atoms with van der Waals surface area (Å²) >= 11 is 0. The quantitative estimate of drug-likeness (QED) is 0.515. The van der Waals surface area contributed by atoms with Crippen LogP contribution in [0.1, 0.15) is 19.8 Å². The van der Waals surface area contributed by atoms with Gasteiger partial charge < -0.3 is 15.4 Å². The van der Waals surface area contributed by atoms with Crippen LogP contribution in [0.15, 0.2) is 0 Å².